The first-order chi connectivity index (χ1) is 8.26. The van der Waals surface area contributed by atoms with Crippen molar-refractivity contribution in [2.24, 2.45) is 15.9 Å². The number of nitrogens with two attached hydrogens (primary N) is 1. The maximum absolute atomic E-state index is 5.50. The Bertz CT molecular complexity index is 387. The summed E-state index contributed by atoms with van der Waals surface area (Å²) in [6.45, 7) is 2.82. The lowest BCUT2D eigenvalue weighted by Crippen LogP contribution is -2.03. The summed E-state index contributed by atoms with van der Waals surface area (Å²) in [7, 11) is 0. The maximum Gasteiger partial charge on any atom is 0.180 e. The van der Waals surface area contributed by atoms with Crippen LogP contribution in [0, 0.1) is 0 Å². The van der Waals surface area contributed by atoms with Crippen molar-refractivity contribution in [3.05, 3.63) is 29.8 Å². The Morgan fingerprint density at radius 2 is 2.12 bits per heavy atom. The molecule has 0 heterocycles. The molecule has 17 heavy (non-hydrogen) atoms. The molecule has 0 aliphatic carbocycles. The van der Waals surface area contributed by atoms with Gasteiger partial charge in [0.05, 0.1) is 12.8 Å². The van der Waals surface area contributed by atoms with Crippen LogP contribution in [0.3, 0.4) is 0 Å². The highest BCUT2D eigenvalue weighted by Crippen LogP contribution is 2.11. The molecular formula is C12H17N3OS. The number of hydrogen-bond acceptors (Lipinski definition) is 4. The molecule has 0 spiro atoms. The number of nitrogens with zero attached hydrogens (tertiary/aromatic N) is 2. The second-order valence-corrected chi connectivity index (χ2v) is 4.13. The molecule has 0 fully saturated rings. The minimum atomic E-state index is 0.448. The third-order valence-corrected chi connectivity index (χ3v) is 2.43. The van der Waals surface area contributed by atoms with Crippen LogP contribution in [-0.4, -0.2) is 24.2 Å². The van der Waals surface area contributed by atoms with E-state index >= 15 is 0 Å². The molecule has 0 saturated heterocycles. The molecule has 0 bridgehead atoms. The Morgan fingerprint density at radius 3 is 2.71 bits per heavy atom. The van der Waals surface area contributed by atoms with Crippen LogP contribution >= 0.6 is 11.8 Å². The summed E-state index contributed by atoms with van der Waals surface area (Å²) in [6.07, 6.45) is 4.52. The van der Waals surface area contributed by atoms with E-state index in [1.165, 1.54) is 11.8 Å². The summed E-state index contributed by atoms with van der Waals surface area (Å²) in [6, 6.07) is 7.69. The predicted octanol–water partition coefficient (Wildman–Crippen LogP) is 2.49. The lowest BCUT2D eigenvalue weighted by Gasteiger charge is -2.03. The second kappa shape index (κ2) is 7.73. The fourth-order valence-electron chi connectivity index (χ4n) is 1.06. The molecule has 1 rings (SSSR count). The number of thioether (sulfide) groups is 1. The van der Waals surface area contributed by atoms with E-state index in [1.54, 1.807) is 6.21 Å². The number of benzene rings is 1. The van der Waals surface area contributed by atoms with Crippen molar-refractivity contribution in [2.75, 3.05) is 12.9 Å². The van der Waals surface area contributed by atoms with Gasteiger partial charge in [-0.2, -0.15) is 5.10 Å². The van der Waals surface area contributed by atoms with Crippen molar-refractivity contribution in [3.63, 3.8) is 0 Å². The van der Waals surface area contributed by atoms with Crippen LogP contribution in [0.5, 0.6) is 5.75 Å². The van der Waals surface area contributed by atoms with Gasteiger partial charge in [0, 0.05) is 0 Å². The molecule has 0 amide bonds. The molecule has 5 heteroatoms. The van der Waals surface area contributed by atoms with Crippen molar-refractivity contribution in [1.29, 1.82) is 0 Å². The summed E-state index contributed by atoms with van der Waals surface area (Å²) < 4.78 is 5.47. The number of ether oxygens (including phenoxy) is 1. The van der Waals surface area contributed by atoms with E-state index in [4.69, 9.17) is 10.5 Å². The van der Waals surface area contributed by atoms with Crippen LogP contribution in [-0.2, 0) is 0 Å². The first-order valence-corrected chi connectivity index (χ1v) is 6.62. The van der Waals surface area contributed by atoms with Crippen LogP contribution in [0.2, 0.25) is 0 Å². The molecular weight excluding hydrogens is 234 g/mol. The zero-order valence-electron chi connectivity index (χ0n) is 10.1. The van der Waals surface area contributed by atoms with Crippen molar-refractivity contribution in [1.82, 2.24) is 0 Å². The van der Waals surface area contributed by atoms with Gasteiger partial charge in [-0.05, 0) is 42.5 Å². The maximum atomic E-state index is 5.50. The lowest BCUT2D eigenvalue weighted by molar-refractivity contribution is 0.317. The van der Waals surface area contributed by atoms with E-state index in [-0.39, 0.29) is 0 Å². The molecule has 0 aromatic heterocycles. The smallest absolute Gasteiger partial charge is 0.180 e. The van der Waals surface area contributed by atoms with Gasteiger partial charge in [0.25, 0.3) is 0 Å². The van der Waals surface area contributed by atoms with E-state index in [2.05, 4.69) is 17.1 Å². The number of rotatable bonds is 5. The quantitative estimate of drug-likeness (QED) is 0.497. The average molecular weight is 251 g/mol. The highest BCUT2D eigenvalue weighted by atomic mass is 32.2. The van der Waals surface area contributed by atoms with E-state index in [1.807, 2.05) is 30.5 Å². The van der Waals surface area contributed by atoms with Crippen molar-refractivity contribution in [3.8, 4) is 5.75 Å². The Balaban J connectivity index is 2.56. The molecule has 0 aliphatic rings. The first kappa shape index (κ1) is 13.6. The third kappa shape index (κ3) is 5.40. The van der Waals surface area contributed by atoms with Gasteiger partial charge in [0.15, 0.2) is 5.17 Å². The molecule has 0 aliphatic heterocycles. The number of amidine groups is 1. The summed E-state index contributed by atoms with van der Waals surface area (Å²) in [4.78, 5) is 0. The molecule has 92 valence electrons. The molecule has 0 radical (unpaired) electrons. The van der Waals surface area contributed by atoms with Gasteiger partial charge < -0.3 is 10.5 Å². The fraction of sp³-hybridized carbons (Fsp3) is 0.333. The van der Waals surface area contributed by atoms with Crippen LogP contribution in [0.1, 0.15) is 18.9 Å². The molecule has 0 unspecified atom stereocenters. The Labute approximate surface area is 106 Å². The number of hydrogen-bond donors (Lipinski definition) is 1. The normalized spacial score (nSPS) is 12.0. The van der Waals surface area contributed by atoms with Crippen LogP contribution in [0.15, 0.2) is 34.5 Å². The molecule has 0 saturated carbocycles. The molecule has 0 atom stereocenters. The monoisotopic (exact) mass is 251 g/mol. The predicted molar refractivity (Wildman–Crippen MR) is 75.0 cm³/mol. The minimum absolute atomic E-state index is 0.448. The lowest BCUT2D eigenvalue weighted by atomic mass is 10.2. The zero-order chi connectivity index (χ0) is 12.5. The third-order valence-electron chi connectivity index (χ3n) is 1.93. The Hall–Kier alpha value is -1.49. The minimum Gasteiger partial charge on any atom is -0.494 e. The standard InChI is InChI=1S/C12H17N3OS/c1-3-8-16-11-6-4-10(5-7-11)9-14-15-12(13)17-2/h4-7,9H,3,8H2,1-2H3,(H2,13,15)/b14-9-. The van der Waals surface area contributed by atoms with Crippen molar-refractivity contribution < 1.29 is 4.74 Å². The molecule has 4 nitrogen and oxygen atoms in total. The van der Waals surface area contributed by atoms with Crippen LogP contribution in [0.25, 0.3) is 0 Å². The van der Waals surface area contributed by atoms with Gasteiger partial charge in [-0.3, -0.25) is 0 Å². The topological polar surface area (TPSA) is 60.0 Å². The molecule has 1 aromatic rings. The van der Waals surface area contributed by atoms with E-state index in [0.717, 1.165) is 24.3 Å². The van der Waals surface area contributed by atoms with E-state index in [9.17, 15) is 0 Å². The van der Waals surface area contributed by atoms with E-state index < -0.39 is 0 Å². The Kier molecular flexibility index (Phi) is 6.17. The van der Waals surface area contributed by atoms with Crippen molar-refractivity contribution in [2.45, 2.75) is 13.3 Å². The van der Waals surface area contributed by atoms with Gasteiger partial charge in [-0.25, -0.2) is 0 Å². The van der Waals surface area contributed by atoms with Gasteiger partial charge in [0.1, 0.15) is 5.75 Å². The highest BCUT2D eigenvalue weighted by molar-refractivity contribution is 8.13. The summed E-state index contributed by atoms with van der Waals surface area (Å²) in [5.74, 6) is 0.871. The summed E-state index contributed by atoms with van der Waals surface area (Å²) in [5.41, 5.74) is 6.46. The van der Waals surface area contributed by atoms with E-state index in [0.29, 0.717) is 5.17 Å². The van der Waals surface area contributed by atoms with Gasteiger partial charge in [0.2, 0.25) is 0 Å². The summed E-state index contributed by atoms with van der Waals surface area (Å²) >= 11 is 1.37. The van der Waals surface area contributed by atoms with Gasteiger partial charge in [-0.15, -0.1) is 5.10 Å². The largest absolute Gasteiger partial charge is 0.494 e. The summed E-state index contributed by atoms with van der Waals surface area (Å²) in [5, 5.41) is 8.13. The van der Waals surface area contributed by atoms with Crippen molar-refractivity contribution >= 4 is 23.1 Å². The van der Waals surface area contributed by atoms with Crippen LogP contribution in [0.4, 0.5) is 0 Å². The molecule has 1 aromatic carbocycles. The zero-order valence-corrected chi connectivity index (χ0v) is 10.9. The molecule has 2 N–H and O–H groups in total. The van der Waals surface area contributed by atoms with Gasteiger partial charge in [-0.1, -0.05) is 18.7 Å². The second-order valence-electron chi connectivity index (χ2n) is 3.30. The Morgan fingerprint density at radius 1 is 1.41 bits per heavy atom. The average Bonchev–Trinajstić information content (AvgIpc) is 2.37. The van der Waals surface area contributed by atoms with Gasteiger partial charge >= 0.3 is 0 Å². The van der Waals surface area contributed by atoms with Crippen LogP contribution < -0.4 is 10.5 Å². The highest BCUT2D eigenvalue weighted by Gasteiger charge is 1.92. The first-order valence-electron chi connectivity index (χ1n) is 5.39. The fourth-order valence-corrected chi connectivity index (χ4v) is 1.19. The SMILES string of the molecule is CCCOc1ccc(/C=N\N=C(/N)SC)cc1.